The van der Waals surface area contributed by atoms with Crippen LogP contribution < -0.4 is 0 Å². The molecule has 0 atom stereocenters. The molecule has 80 valence electrons. The fraction of sp³-hybridized carbons (Fsp3) is 0.167. The molecule has 4 heteroatoms. The van der Waals surface area contributed by atoms with Crippen LogP contribution in [-0.4, -0.2) is 15.9 Å². The van der Waals surface area contributed by atoms with Gasteiger partial charge in [0, 0.05) is 13.5 Å². The van der Waals surface area contributed by atoms with Crippen LogP contribution in [-0.2, 0) is 18.3 Å². The monoisotopic (exact) mass is 213 g/mol. The molecule has 0 radical (unpaired) electrons. The van der Waals surface area contributed by atoms with Gasteiger partial charge >= 0.3 is 0 Å². The zero-order valence-electron chi connectivity index (χ0n) is 8.92. The summed E-state index contributed by atoms with van der Waals surface area (Å²) in [5.41, 5.74) is 2.66. The number of aliphatic imine (C=N–C) groups is 1. The minimum atomic E-state index is 0.585. The molecule has 1 heterocycles. The number of aromatic nitrogens is 2. The molecule has 0 saturated heterocycles. The molecule has 16 heavy (non-hydrogen) atoms. The molecule has 0 amide bonds. The molecule has 0 aliphatic carbocycles. The highest BCUT2D eigenvalue weighted by molar-refractivity contribution is 5.51. The molecule has 2 rings (SSSR count). The van der Waals surface area contributed by atoms with Gasteiger partial charge in [-0.3, -0.25) is 4.68 Å². The fourth-order valence-corrected chi connectivity index (χ4v) is 1.59. The maximum Gasteiger partial charge on any atom is 0.240 e. The van der Waals surface area contributed by atoms with Crippen molar-refractivity contribution in [2.24, 2.45) is 12.0 Å². The molecule has 1 aromatic carbocycles. The molecule has 2 aromatic rings. The summed E-state index contributed by atoms with van der Waals surface area (Å²) in [6.45, 7) is 0. The van der Waals surface area contributed by atoms with Crippen molar-refractivity contribution in [2.75, 3.05) is 0 Å². The Hall–Kier alpha value is -2.19. The van der Waals surface area contributed by atoms with Crippen molar-refractivity contribution in [2.45, 2.75) is 6.42 Å². The lowest BCUT2D eigenvalue weighted by Crippen LogP contribution is -1.99. The summed E-state index contributed by atoms with van der Waals surface area (Å²) in [7, 11) is 1.84. The maximum atomic E-state index is 10.3. The van der Waals surface area contributed by atoms with Crippen LogP contribution in [0.1, 0.15) is 11.3 Å². The van der Waals surface area contributed by atoms with E-state index < -0.39 is 0 Å². The Bertz CT molecular complexity index is 524. The Morgan fingerprint density at radius 2 is 2.12 bits per heavy atom. The molecule has 1 aromatic heterocycles. The van der Waals surface area contributed by atoms with Crippen LogP contribution in [0.2, 0.25) is 0 Å². The van der Waals surface area contributed by atoms with Gasteiger partial charge in [-0.05, 0) is 5.56 Å². The Morgan fingerprint density at radius 3 is 2.81 bits per heavy atom. The van der Waals surface area contributed by atoms with Gasteiger partial charge < -0.3 is 0 Å². The van der Waals surface area contributed by atoms with Gasteiger partial charge in [0.25, 0.3) is 0 Å². The lowest BCUT2D eigenvalue weighted by molar-refractivity contribution is 0.565. The van der Waals surface area contributed by atoms with Gasteiger partial charge in [-0.15, -0.1) is 0 Å². The summed E-state index contributed by atoms with van der Waals surface area (Å²) in [5, 5.41) is 4.08. The molecular formula is C12H11N3O. The minimum absolute atomic E-state index is 0.585. The molecule has 4 nitrogen and oxygen atoms in total. The third kappa shape index (κ3) is 2.07. The molecule has 0 aliphatic heterocycles. The number of nitrogens with zero attached hydrogens (tertiary/aromatic N) is 3. The van der Waals surface area contributed by atoms with Crippen molar-refractivity contribution >= 4 is 11.8 Å². The second-order valence-corrected chi connectivity index (χ2v) is 3.47. The topological polar surface area (TPSA) is 47.2 Å². The number of hydrogen-bond acceptors (Lipinski definition) is 3. The number of benzene rings is 1. The number of hydrogen-bond donors (Lipinski definition) is 0. The Morgan fingerprint density at radius 1 is 1.38 bits per heavy atom. The number of isocyanates is 1. The second-order valence-electron chi connectivity index (χ2n) is 3.47. The van der Waals surface area contributed by atoms with E-state index >= 15 is 0 Å². The maximum absolute atomic E-state index is 10.3. The van der Waals surface area contributed by atoms with E-state index in [0.29, 0.717) is 12.1 Å². The van der Waals surface area contributed by atoms with E-state index in [4.69, 9.17) is 0 Å². The summed E-state index contributed by atoms with van der Waals surface area (Å²) in [6.07, 6.45) is 3.82. The third-order valence-electron chi connectivity index (χ3n) is 2.42. The number of rotatable bonds is 3. The van der Waals surface area contributed by atoms with Crippen molar-refractivity contribution in [3.63, 3.8) is 0 Å². The smallest absolute Gasteiger partial charge is 0.240 e. The van der Waals surface area contributed by atoms with Gasteiger partial charge in [0.05, 0.1) is 11.9 Å². The molecule has 0 spiro atoms. The van der Waals surface area contributed by atoms with Crippen LogP contribution in [0.25, 0.3) is 0 Å². The van der Waals surface area contributed by atoms with Crippen LogP contribution in [0.15, 0.2) is 41.5 Å². The first-order valence-electron chi connectivity index (χ1n) is 4.94. The lowest BCUT2D eigenvalue weighted by atomic mass is 10.1. The molecule has 0 N–H and O–H groups in total. The first kappa shape index (κ1) is 10.3. The van der Waals surface area contributed by atoms with Gasteiger partial charge in [-0.1, -0.05) is 30.3 Å². The highest BCUT2D eigenvalue weighted by atomic mass is 16.1. The molecule has 0 unspecified atom stereocenters. The predicted molar refractivity (Wildman–Crippen MR) is 60.2 cm³/mol. The van der Waals surface area contributed by atoms with Crippen LogP contribution in [0.3, 0.4) is 0 Å². The van der Waals surface area contributed by atoms with E-state index in [1.807, 2.05) is 37.4 Å². The highest BCUT2D eigenvalue weighted by Gasteiger charge is 2.08. The first-order valence-corrected chi connectivity index (χ1v) is 4.94. The zero-order chi connectivity index (χ0) is 11.4. The molecule has 0 aliphatic rings. The third-order valence-corrected chi connectivity index (χ3v) is 2.42. The first-order chi connectivity index (χ1) is 7.81. The normalized spacial score (nSPS) is 9.81. The zero-order valence-corrected chi connectivity index (χ0v) is 8.92. The van der Waals surface area contributed by atoms with Crippen LogP contribution in [0.5, 0.6) is 0 Å². The van der Waals surface area contributed by atoms with Gasteiger partial charge in [-0.25, -0.2) is 4.79 Å². The molecular weight excluding hydrogens is 202 g/mol. The average Bonchev–Trinajstić information content (AvgIpc) is 2.64. The molecule has 0 saturated carbocycles. The van der Waals surface area contributed by atoms with Crippen molar-refractivity contribution in [1.29, 1.82) is 0 Å². The number of aryl methyl sites for hydroxylation is 1. The second kappa shape index (κ2) is 4.55. The SMILES string of the molecule is Cn1ncc(N=C=O)c1Cc1ccccc1. The van der Waals surface area contributed by atoms with Crippen molar-refractivity contribution in [3.8, 4) is 0 Å². The van der Waals surface area contributed by atoms with E-state index in [-0.39, 0.29) is 0 Å². The van der Waals surface area contributed by atoms with Crippen LogP contribution in [0, 0.1) is 0 Å². The Balaban J connectivity index is 2.34. The summed E-state index contributed by atoms with van der Waals surface area (Å²) in [6, 6.07) is 9.99. The van der Waals surface area contributed by atoms with Gasteiger partial charge in [0.2, 0.25) is 6.08 Å². The minimum Gasteiger partial charge on any atom is -0.270 e. The lowest BCUT2D eigenvalue weighted by Gasteiger charge is -2.02. The van der Waals surface area contributed by atoms with Crippen molar-refractivity contribution in [3.05, 3.63) is 47.8 Å². The van der Waals surface area contributed by atoms with Crippen molar-refractivity contribution < 1.29 is 4.79 Å². The highest BCUT2D eigenvalue weighted by Crippen LogP contribution is 2.20. The molecule has 0 bridgehead atoms. The van der Waals surface area contributed by atoms with Crippen molar-refractivity contribution in [1.82, 2.24) is 9.78 Å². The molecule has 0 fully saturated rings. The Labute approximate surface area is 93.2 Å². The van der Waals surface area contributed by atoms with E-state index in [2.05, 4.69) is 10.1 Å². The van der Waals surface area contributed by atoms with Crippen LogP contribution in [0.4, 0.5) is 5.69 Å². The average molecular weight is 213 g/mol. The van der Waals surface area contributed by atoms with Gasteiger partial charge in [0.15, 0.2) is 0 Å². The van der Waals surface area contributed by atoms with E-state index in [0.717, 1.165) is 11.3 Å². The van der Waals surface area contributed by atoms with Gasteiger partial charge in [0.1, 0.15) is 5.69 Å². The van der Waals surface area contributed by atoms with E-state index in [1.165, 1.54) is 0 Å². The standard InChI is InChI=1S/C12H11N3O/c1-15-12(11(8-14-15)13-9-16)7-10-5-3-2-4-6-10/h2-6,8H,7H2,1H3. The predicted octanol–water partition coefficient (Wildman–Crippen LogP) is 1.98. The fourth-order valence-electron chi connectivity index (χ4n) is 1.59. The van der Waals surface area contributed by atoms with E-state index in [9.17, 15) is 4.79 Å². The van der Waals surface area contributed by atoms with Gasteiger partial charge in [-0.2, -0.15) is 10.1 Å². The number of carbonyl (C=O) groups excluding carboxylic acids is 1. The summed E-state index contributed by atoms with van der Waals surface area (Å²) < 4.78 is 1.73. The summed E-state index contributed by atoms with van der Waals surface area (Å²) in [4.78, 5) is 13.9. The van der Waals surface area contributed by atoms with E-state index in [1.54, 1.807) is 17.0 Å². The Kier molecular flexibility index (Phi) is 2.94. The summed E-state index contributed by atoms with van der Waals surface area (Å²) >= 11 is 0. The quantitative estimate of drug-likeness (QED) is 0.578. The largest absolute Gasteiger partial charge is 0.270 e. The van der Waals surface area contributed by atoms with Crippen LogP contribution >= 0.6 is 0 Å². The summed E-state index contributed by atoms with van der Waals surface area (Å²) in [5.74, 6) is 0.